The largest absolute Gasteiger partial charge is 0.367 e. The van der Waals surface area contributed by atoms with Crippen molar-refractivity contribution in [3.63, 3.8) is 0 Å². The maximum Gasteiger partial charge on any atom is 0.286 e. The van der Waals surface area contributed by atoms with E-state index in [1.54, 1.807) is 0 Å². The molecule has 1 aromatic heterocycles. The Bertz CT molecular complexity index is 1470. The average Bonchev–Trinajstić information content (AvgIpc) is 3.52. The summed E-state index contributed by atoms with van der Waals surface area (Å²) in [7, 11) is -4.17. The van der Waals surface area contributed by atoms with Gasteiger partial charge in [0.05, 0.1) is 22.7 Å². The molecule has 2 aromatic rings. The number of carbonyl (C=O) groups is 1. The van der Waals surface area contributed by atoms with Crippen molar-refractivity contribution < 1.29 is 22.0 Å². The molecule has 1 saturated carbocycles. The number of rotatable bonds is 7. The Hall–Kier alpha value is -3.09. The van der Waals surface area contributed by atoms with Crippen LogP contribution in [0.15, 0.2) is 23.2 Å². The lowest BCUT2D eigenvalue weighted by Crippen LogP contribution is -2.55. The van der Waals surface area contributed by atoms with E-state index >= 15 is 0 Å². The number of amides is 1. The fourth-order valence-electron chi connectivity index (χ4n) is 4.49. The van der Waals surface area contributed by atoms with Crippen LogP contribution in [0.1, 0.15) is 40.0 Å². The molecule has 2 unspecified atom stereocenters. The van der Waals surface area contributed by atoms with Gasteiger partial charge in [-0.25, -0.2) is 21.9 Å². The van der Waals surface area contributed by atoms with E-state index in [0.29, 0.717) is 43.5 Å². The van der Waals surface area contributed by atoms with Crippen LogP contribution in [-0.4, -0.2) is 76.9 Å². The van der Waals surface area contributed by atoms with E-state index in [4.69, 9.17) is 10.8 Å². The highest BCUT2D eigenvalue weighted by atomic mass is 32.2. The molecule has 1 aliphatic carbocycles. The zero-order valence-electron chi connectivity index (χ0n) is 21.7. The lowest BCUT2D eigenvalue weighted by Gasteiger charge is -2.42. The normalized spacial score (nSPS) is 19.7. The first-order chi connectivity index (χ1) is 18.3. The number of nitrogens with zero attached hydrogens (tertiary/aromatic N) is 5. The number of fused-ring (bicyclic) bond motifs is 1. The van der Waals surface area contributed by atoms with Crippen molar-refractivity contribution in [2.24, 2.45) is 5.92 Å². The molecule has 2 heterocycles. The molecule has 1 saturated heterocycles. The molecule has 0 bridgehead atoms. The highest BCUT2D eigenvalue weighted by Gasteiger charge is 2.47. The summed E-state index contributed by atoms with van der Waals surface area (Å²) >= 11 is 0.219. The molecular formula is C24H30F2N8O3S2. The molecule has 2 atom stereocenters. The molecule has 1 aromatic carbocycles. The summed E-state index contributed by atoms with van der Waals surface area (Å²) in [6, 6.07) is 4.59. The number of carbonyl (C=O) groups excluding carboxylic acids is 1. The second-order valence-electron chi connectivity index (χ2n) is 9.94. The fraction of sp³-hybridized carbons (Fsp3) is 0.542. The fourth-order valence-corrected chi connectivity index (χ4v) is 6.44. The molecule has 2 aliphatic rings. The van der Waals surface area contributed by atoms with Crippen molar-refractivity contribution in [2.75, 3.05) is 24.5 Å². The SMILES string of the molecule is CCC(C)C(=O)N1CCN(c2cc(S(=O)(=O)NC3(C#N)CC3)cc3c2cnn3C(=N)SC(=N)C(F)F)CC1C. The summed E-state index contributed by atoms with van der Waals surface area (Å²) in [6.07, 6.45) is -0.151. The van der Waals surface area contributed by atoms with Gasteiger partial charge < -0.3 is 9.80 Å². The molecule has 0 spiro atoms. The van der Waals surface area contributed by atoms with E-state index in [-0.39, 0.29) is 40.0 Å². The zero-order chi connectivity index (χ0) is 28.7. The van der Waals surface area contributed by atoms with Gasteiger partial charge in [-0.15, -0.1) is 0 Å². The summed E-state index contributed by atoms with van der Waals surface area (Å²) in [5.41, 5.74) is -0.496. The van der Waals surface area contributed by atoms with Gasteiger partial charge in [0.15, 0.2) is 5.17 Å². The Morgan fingerprint density at radius 2 is 2.03 bits per heavy atom. The number of halogens is 2. The third-order valence-electron chi connectivity index (χ3n) is 7.13. The first kappa shape index (κ1) is 28.9. The third kappa shape index (κ3) is 5.78. The summed E-state index contributed by atoms with van der Waals surface area (Å²) in [4.78, 5) is 16.4. The van der Waals surface area contributed by atoms with E-state index < -0.39 is 32.2 Å². The van der Waals surface area contributed by atoms with Gasteiger partial charge >= 0.3 is 0 Å². The van der Waals surface area contributed by atoms with Gasteiger partial charge in [0.25, 0.3) is 6.43 Å². The van der Waals surface area contributed by atoms with Gasteiger partial charge in [0, 0.05) is 42.7 Å². The molecule has 210 valence electrons. The number of piperazine rings is 1. The van der Waals surface area contributed by atoms with Crippen LogP contribution < -0.4 is 9.62 Å². The van der Waals surface area contributed by atoms with E-state index in [0.717, 1.165) is 11.1 Å². The van der Waals surface area contributed by atoms with Crippen LogP contribution >= 0.6 is 11.8 Å². The molecule has 1 amide bonds. The minimum absolute atomic E-state index is 0.0568. The molecule has 15 heteroatoms. The van der Waals surface area contributed by atoms with Crippen molar-refractivity contribution in [1.82, 2.24) is 19.4 Å². The summed E-state index contributed by atoms with van der Waals surface area (Å²) in [6.45, 7) is 6.99. The Morgan fingerprint density at radius 3 is 2.59 bits per heavy atom. The monoisotopic (exact) mass is 580 g/mol. The van der Waals surface area contributed by atoms with Crippen LogP contribution in [-0.2, 0) is 14.8 Å². The number of alkyl halides is 2. The predicted octanol–water partition coefficient (Wildman–Crippen LogP) is 3.21. The number of hydrogen-bond donors (Lipinski definition) is 3. The average molecular weight is 581 g/mol. The van der Waals surface area contributed by atoms with Crippen LogP contribution in [0.2, 0.25) is 0 Å². The Labute approximate surface area is 229 Å². The van der Waals surface area contributed by atoms with Gasteiger partial charge in [-0.1, -0.05) is 13.8 Å². The Kier molecular flexibility index (Phi) is 8.02. The Morgan fingerprint density at radius 1 is 1.33 bits per heavy atom. The lowest BCUT2D eigenvalue weighted by molar-refractivity contribution is -0.137. The van der Waals surface area contributed by atoms with Crippen molar-refractivity contribution in [3.05, 3.63) is 18.3 Å². The number of thioether (sulfide) groups is 1. The lowest BCUT2D eigenvalue weighted by atomic mass is 10.0. The number of anilines is 1. The van der Waals surface area contributed by atoms with Crippen LogP contribution in [0, 0.1) is 28.1 Å². The number of hydrogen-bond acceptors (Lipinski definition) is 9. The summed E-state index contributed by atoms with van der Waals surface area (Å²) < 4.78 is 56.1. The molecule has 39 heavy (non-hydrogen) atoms. The second kappa shape index (κ2) is 10.8. The summed E-state index contributed by atoms with van der Waals surface area (Å²) in [5, 5.41) is 28.2. The minimum Gasteiger partial charge on any atom is -0.367 e. The minimum atomic E-state index is -4.17. The van der Waals surface area contributed by atoms with Crippen LogP contribution in [0.4, 0.5) is 14.5 Å². The molecule has 0 radical (unpaired) electrons. The van der Waals surface area contributed by atoms with Gasteiger partial charge in [0.2, 0.25) is 15.9 Å². The second-order valence-corrected chi connectivity index (χ2v) is 12.7. The molecule has 2 fully saturated rings. The van der Waals surface area contributed by atoms with E-state index in [9.17, 15) is 27.3 Å². The molecule has 4 rings (SSSR count). The van der Waals surface area contributed by atoms with Crippen LogP contribution in [0.25, 0.3) is 10.9 Å². The van der Waals surface area contributed by atoms with Gasteiger partial charge in [0.1, 0.15) is 10.6 Å². The third-order valence-corrected chi connectivity index (χ3v) is 9.41. The maximum atomic E-state index is 13.4. The summed E-state index contributed by atoms with van der Waals surface area (Å²) in [5.74, 6) is -0.0600. The van der Waals surface area contributed by atoms with Crippen molar-refractivity contribution in [2.45, 2.75) is 62.9 Å². The van der Waals surface area contributed by atoms with Crippen molar-refractivity contribution >= 4 is 54.5 Å². The zero-order valence-corrected chi connectivity index (χ0v) is 23.4. The van der Waals surface area contributed by atoms with E-state index in [1.165, 1.54) is 18.3 Å². The number of benzene rings is 1. The van der Waals surface area contributed by atoms with E-state index in [1.807, 2.05) is 36.6 Å². The Balaban J connectivity index is 1.76. The maximum absolute atomic E-state index is 13.4. The number of aromatic nitrogens is 2. The molecule has 11 nitrogen and oxygen atoms in total. The topological polar surface area (TPSA) is 159 Å². The quantitative estimate of drug-likeness (QED) is 0.335. The van der Waals surface area contributed by atoms with Gasteiger partial charge in [-0.05, 0) is 50.1 Å². The van der Waals surface area contributed by atoms with E-state index in [2.05, 4.69) is 9.82 Å². The number of nitriles is 1. The predicted molar refractivity (Wildman–Crippen MR) is 145 cm³/mol. The first-order valence-corrected chi connectivity index (χ1v) is 14.8. The van der Waals surface area contributed by atoms with Gasteiger partial charge in [-0.2, -0.15) is 15.1 Å². The highest BCUT2D eigenvalue weighted by molar-refractivity contribution is 8.26. The molecular weight excluding hydrogens is 550 g/mol. The first-order valence-electron chi connectivity index (χ1n) is 12.5. The standard InChI is InChI=1S/C24H30F2N8O3S2/c1-4-14(2)22(35)33-8-7-32(12-15(33)3)18-9-16(39(36,37)31-24(13-27)5-6-24)10-19-17(18)11-30-34(19)23(29)38-21(28)20(25)26/h9-11,14-15,20,28-29,31H,4-8,12H2,1-3H3. The number of nitrogens with one attached hydrogen (secondary N) is 3. The smallest absolute Gasteiger partial charge is 0.286 e. The highest BCUT2D eigenvalue weighted by Crippen LogP contribution is 2.38. The van der Waals surface area contributed by atoms with Crippen molar-refractivity contribution in [3.8, 4) is 6.07 Å². The van der Waals surface area contributed by atoms with Crippen LogP contribution in [0.5, 0.6) is 0 Å². The van der Waals surface area contributed by atoms with Gasteiger partial charge in [-0.3, -0.25) is 15.6 Å². The molecule has 1 aliphatic heterocycles. The van der Waals surface area contributed by atoms with Crippen LogP contribution in [0.3, 0.4) is 0 Å². The van der Waals surface area contributed by atoms with Crippen molar-refractivity contribution in [1.29, 1.82) is 16.1 Å². The number of sulfonamides is 1. The molecule has 3 N–H and O–H groups in total.